The van der Waals surface area contributed by atoms with Crippen molar-refractivity contribution in [3.05, 3.63) is 21.9 Å². The van der Waals surface area contributed by atoms with Gasteiger partial charge >= 0.3 is 0 Å². The van der Waals surface area contributed by atoms with Crippen molar-refractivity contribution in [2.24, 2.45) is 0 Å². The summed E-state index contributed by atoms with van der Waals surface area (Å²) in [6.45, 7) is 3.01. The SMILES string of the molecule is CC(=O)N[C@@H](CO)[C@@H](O)c1cc(C)cs1. The largest absolute Gasteiger partial charge is 0.394 e. The second-order valence-corrected chi connectivity index (χ2v) is 4.40. The molecule has 0 radical (unpaired) electrons. The summed E-state index contributed by atoms with van der Waals surface area (Å²) in [5.41, 5.74) is 1.06. The van der Waals surface area contributed by atoms with Gasteiger partial charge in [0.25, 0.3) is 0 Å². The molecule has 0 fully saturated rings. The van der Waals surface area contributed by atoms with Gasteiger partial charge in [0.2, 0.25) is 5.91 Å². The Hall–Kier alpha value is -0.910. The van der Waals surface area contributed by atoms with Gasteiger partial charge in [0.15, 0.2) is 0 Å². The highest BCUT2D eigenvalue weighted by atomic mass is 32.1. The van der Waals surface area contributed by atoms with Crippen LogP contribution in [0.25, 0.3) is 0 Å². The van der Waals surface area contributed by atoms with Crippen LogP contribution in [-0.2, 0) is 4.79 Å². The first-order chi connectivity index (χ1) is 7.04. The zero-order valence-electron chi connectivity index (χ0n) is 8.73. The highest BCUT2D eigenvalue weighted by Crippen LogP contribution is 2.24. The first-order valence-electron chi connectivity index (χ1n) is 4.65. The average Bonchev–Trinajstić information content (AvgIpc) is 2.60. The molecule has 3 N–H and O–H groups in total. The predicted octanol–water partition coefficient (Wildman–Crippen LogP) is 0.587. The number of aryl methyl sites for hydroxylation is 1. The van der Waals surface area contributed by atoms with Crippen LogP contribution in [0.1, 0.15) is 23.5 Å². The van der Waals surface area contributed by atoms with E-state index < -0.39 is 12.1 Å². The van der Waals surface area contributed by atoms with Gasteiger partial charge in [-0.3, -0.25) is 4.79 Å². The van der Waals surface area contributed by atoms with Crippen molar-refractivity contribution in [1.82, 2.24) is 5.32 Å². The summed E-state index contributed by atoms with van der Waals surface area (Å²) < 4.78 is 0. The van der Waals surface area contributed by atoms with Gasteiger partial charge in [-0.25, -0.2) is 0 Å². The number of carbonyl (C=O) groups is 1. The lowest BCUT2D eigenvalue weighted by molar-refractivity contribution is -0.121. The molecule has 0 saturated carbocycles. The van der Waals surface area contributed by atoms with Crippen LogP contribution in [0.2, 0.25) is 0 Å². The maximum atomic E-state index is 10.8. The summed E-state index contributed by atoms with van der Waals surface area (Å²) in [4.78, 5) is 11.6. The van der Waals surface area contributed by atoms with E-state index in [2.05, 4.69) is 5.32 Å². The Kier molecular flexibility index (Phi) is 4.26. The minimum atomic E-state index is -0.849. The standard InChI is InChI=1S/C10H15NO3S/c1-6-3-9(15-5-6)10(14)8(4-12)11-7(2)13/h3,5,8,10,12,14H,4H2,1-2H3,(H,11,13)/t8-,10+/m0/s1. The van der Waals surface area contributed by atoms with Crippen LogP contribution < -0.4 is 5.32 Å². The smallest absolute Gasteiger partial charge is 0.217 e. The van der Waals surface area contributed by atoms with Crippen molar-refractivity contribution in [1.29, 1.82) is 0 Å². The van der Waals surface area contributed by atoms with Gasteiger partial charge in [0.05, 0.1) is 12.6 Å². The third-order valence-electron chi connectivity index (χ3n) is 2.01. The first-order valence-corrected chi connectivity index (χ1v) is 5.53. The molecule has 1 amide bonds. The molecule has 2 atom stereocenters. The number of hydrogen-bond acceptors (Lipinski definition) is 4. The molecule has 0 aliphatic rings. The zero-order valence-corrected chi connectivity index (χ0v) is 9.54. The van der Waals surface area contributed by atoms with Gasteiger partial charge in [0, 0.05) is 11.8 Å². The number of thiophene rings is 1. The highest BCUT2D eigenvalue weighted by molar-refractivity contribution is 7.10. The lowest BCUT2D eigenvalue weighted by Crippen LogP contribution is -2.40. The van der Waals surface area contributed by atoms with Crippen LogP contribution in [-0.4, -0.2) is 28.8 Å². The Labute approximate surface area is 92.6 Å². The quantitative estimate of drug-likeness (QED) is 0.707. The molecule has 84 valence electrons. The molecule has 0 aromatic carbocycles. The van der Waals surface area contributed by atoms with E-state index in [1.165, 1.54) is 18.3 Å². The maximum Gasteiger partial charge on any atom is 0.217 e. The maximum absolute atomic E-state index is 10.8. The molecule has 1 heterocycles. The van der Waals surface area contributed by atoms with Crippen molar-refractivity contribution in [3.8, 4) is 0 Å². The Morgan fingerprint density at radius 1 is 1.67 bits per heavy atom. The Morgan fingerprint density at radius 3 is 2.73 bits per heavy atom. The molecule has 4 nitrogen and oxygen atoms in total. The van der Waals surface area contributed by atoms with E-state index in [0.717, 1.165) is 10.4 Å². The monoisotopic (exact) mass is 229 g/mol. The molecule has 0 unspecified atom stereocenters. The van der Waals surface area contributed by atoms with Crippen molar-refractivity contribution in [3.63, 3.8) is 0 Å². The van der Waals surface area contributed by atoms with Gasteiger partial charge in [-0.2, -0.15) is 0 Å². The van der Waals surface area contributed by atoms with E-state index in [1.54, 1.807) is 0 Å². The lowest BCUT2D eigenvalue weighted by atomic mass is 10.1. The van der Waals surface area contributed by atoms with Crippen molar-refractivity contribution in [2.75, 3.05) is 6.61 Å². The van der Waals surface area contributed by atoms with Gasteiger partial charge in [-0.05, 0) is 23.9 Å². The third kappa shape index (κ3) is 3.30. The van der Waals surface area contributed by atoms with Gasteiger partial charge in [0.1, 0.15) is 6.10 Å². The van der Waals surface area contributed by atoms with Crippen molar-refractivity contribution < 1.29 is 15.0 Å². The molecule has 1 aromatic heterocycles. The molecule has 0 aliphatic carbocycles. The van der Waals surface area contributed by atoms with Crippen LogP contribution in [0.3, 0.4) is 0 Å². The van der Waals surface area contributed by atoms with Crippen molar-refractivity contribution >= 4 is 17.2 Å². The molecular weight excluding hydrogens is 214 g/mol. The van der Waals surface area contributed by atoms with E-state index >= 15 is 0 Å². The van der Waals surface area contributed by atoms with Crippen LogP contribution in [0.5, 0.6) is 0 Å². The summed E-state index contributed by atoms with van der Waals surface area (Å²) in [5.74, 6) is -0.263. The minimum Gasteiger partial charge on any atom is -0.394 e. The molecule has 0 bridgehead atoms. The fourth-order valence-electron chi connectivity index (χ4n) is 1.29. The normalized spacial score (nSPS) is 14.7. The molecule has 15 heavy (non-hydrogen) atoms. The van der Waals surface area contributed by atoms with E-state index in [-0.39, 0.29) is 12.5 Å². The molecule has 0 saturated heterocycles. The minimum absolute atomic E-state index is 0.263. The molecule has 1 aromatic rings. The van der Waals surface area contributed by atoms with Gasteiger partial charge in [-0.1, -0.05) is 0 Å². The summed E-state index contributed by atoms with van der Waals surface area (Å²) >= 11 is 1.42. The number of hydrogen-bond donors (Lipinski definition) is 3. The lowest BCUT2D eigenvalue weighted by Gasteiger charge is -2.20. The van der Waals surface area contributed by atoms with Crippen LogP contribution >= 0.6 is 11.3 Å². The molecule has 5 heteroatoms. The van der Waals surface area contributed by atoms with Crippen LogP contribution in [0, 0.1) is 6.92 Å². The Balaban J connectivity index is 2.72. The highest BCUT2D eigenvalue weighted by Gasteiger charge is 2.21. The summed E-state index contributed by atoms with van der Waals surface area (Å²) in [7, 11) is 0. The van der Waals surface area contributed by atoms with Gasteiger partial charge < -0.3 is 15.5 Å². The number of amides is 1. The summed E-state index contributed by atoms with van der Waals surface area (Å²) in [6, 6.07) is 1.21. The average molecular weight is 229 g/mol. The Bertz CT molecular complexity index is 337. The molecular formula is C10H15NO3S. The number of rotatable bonds is 4. The van der Waals surface area contributed by atoms with E-state index in [4.69, 9.17) is 5.11 Å². The second-order valence-electron chi connectivity index (χ2n) is 3.46. The fourth-order valence-corrected chi connectivity index (χ4v) is 2.24. The molecule has 0 aliphatic heterocycles. The molecule has 1 rings (SSSR count). The van der Waals surface area contributed by atoms with Crippen LogP contribution in [0.15, 0.2) is 11.4 Å². The van der Waals surface area contributed by atoms with E-state index in [1.807, 2.05) is 18.4 Å². The number of aliphatic hydroxyl groups is 2. The first kappa shape index (κ1) is 12.2. The van der Waals surface area contributed by atoms with E-state index in [0.29, 0.717) is 0 Å². The van der Waals surface area contributed by atoms with E-state index in [9.17, 15) is 9.90 Å². The topological polar surface area (TPSA) is 69.6 Å². The van der Waals surface area contributed by atoms with Crippen LogP contribution in [0.4, 0.5) is 0 Å². The second kappa shape index (κ2) is 5.25. The summed E-state index contributed by atoms with van der Waals surface area (Å²) in [5, 5.41) is 23.3. The van der Waals surface area contributed by atoms with Crippen molar-refractivity contribution in [2.45, 2.75) is 26.0 Å². The predicted molar refractivity (Wildman–Crippen MR) is 58.7 cm³/mol. The zero-order chi connectivity index (χ0) is 11.4. The van der Waals surface area contributed by atoms with Gasteiger partial charge in [-0.15, -0.1) is 11.3 Å². The number of carbonyl (C=O) groups excluding carboxylic acids is 1. The summed E-state index contributed by atoms with van der Waals surface area (Å²) in [6.07, 6.45) is -0.849. The third-order valence-corrected chi connectivity index (χ3v) is 3.13. The fraction of sp³-hybridized carbons (Fsp3) is 0.500. The molecule has 0 spiro atoms. The Morgan fingerprint density at radius 2 is 2.33 bits per heavy atom. The number of nitrogens with one attached hydrogen (secondary N) is 1. The number of aliphatic hydroxyl groups excluding tert-OH is 2.